The van der Waals surface area contributed by atoms with Crippen LogP contribution in [0.3, 0.4) is 0 Å². The number of hydrogen-bond acceptors (Lipinski definition) is 4. The monoisotopic (exact) mass is 246 g/mol. The number of rotatable bonds is 4. The van der Waals surface area contributed by atoms with Crippen LogP contribution in [-0.4, -0.2) is 27.7 Å². The Bertz CT molecular complexity index is 581. The van der Waals surface area contributed by atoms with Gasteiger partial charge in [-0.15, -0.1) is 0 Å². The Labute approximate surface area is 104 Å². The number of hydrogen-bond donors (Lipinski definition) is 1. The first kappa shape index (κ1) is 12.3. The van der Waals surface area contributed by atoms with Gasteiger partial charge >= 0.3 is 5.97 Å². The highest BCUT2D eigenvalue weighted by atomic mass is 16.5. The van der Waals surface area contributed by atoms with E-state index in [1.54, 1.807) is 6.07 Å². The second kappa shape index (κ2) is 5.00. The molecule has 0 bridgehead atoms. The van der Waals surface area contributed by atoms with E-state index in [9.17, 15) is 4.79 Å². The maximum atomic E-state index is 10.9. The molecule has 0 amide bonds. The summed E-state index contributed by atoms with van der Waals surface area (Å²) in [6.45, 7) is 4.66. The summed E-state index contributed by atoms with van der Waals surface area (Å²) in [7, 11) is 0. The van der Waals surface area contributed by atoms with E-state index in [0.717, 1.165) is 5.39 Å². The van der Waals surface area contributed by atoms with Crippen molar-refractivity contribution in [3.63, 3.8) is 0 Å². The SMILES string of the molecule is CC(C)COc1ncnc2cc(C(=O)O)ccc12. The number of fused-ring (bicyclic) bond motifs is 1. The molecular weight excluding hydrogens is 232 g/mol. The predicted octanol–water partition coefficient (Wildman–Crippen LogP) is 2.36. The molecule has 0 fully saturated rings. The van der Waals surface area contributed by atoms with Gasteiger partial charge in [0.1, 0.15) is 6.33 Å². The van der Waals surface area contributed by atoms with E-state index in [2.05, 4.69) is 9.97 Å². The van der Waals surface area contributed by atoms with Crippen LogP contribution in [0.15, 0.2) is 24.5 Å². The molecule has 5 heteroatoms. The molecule has 0 saturated carbocycles. The van der Waals surface area contributed by atoms with Gasteiger partial charge in [-0.05, 0) is 24.1 Å². The molecule has 2 rings (SSSR count). The van der Waals surface area contributed by atoms with E-state index in [4.69, 9.17) is 9.84 Å². The molecular formula is C13H14N2O3. The summed E-state index contributed by atoms with van der Waals surface area (Å²) < 4.78 is 5.58. The van der Waals surface area contributed by atoms with Crippen molar-refractivity contribution >= 4 is 16.9 Å². The Balaban J connectivity index is 2.40. The van der Waals surface area contributed by atoms with E-state index < -0.39 is 5.97 Å². The van der Waals surface area contributed by atoms with Gasteiger partial charge < -0.3 is 9.84 Å². The van der Waals surface area contributed by atoms with Gasteiger partial charge in [0.2, 0.25) is 5.88 Å². The predicted molar refractivity (Wildman–Crippen MR) is 66.8 cm³/mol. The zero-order chi connectivity index (χ0) is 13.1. The van der Waals surface area contributed by atoms with E-state index in [1.807, 2.05) is 13.8 Å². The highest BCUT2D eigenvalue weighted by Crippen LogP contribution is 2.22. The molecule has 2 aromatic rings. The van der Waals surface area contributed by atoms with Gasteiger partial charge in [0.25, 0.3) is 0 Å². The summed E-state index contributed by atoms with van der Waals surface area (Å²) in [4.78, 5) is 19.0. The molecule has 0 spiro atoms. The summed E-state index contributed by atoms with van der Waals surface area (Å²) >= 11 is 0. The van der Waals surface area contributed by atoms with Gasteiger partial charge in [0, 0.05) is 0 Å². The second-order valence-corrected chi connectivity index (χ2v) is 4.42. The third-order valence-corrected chi connectivity index (χ3v) is 2.40. The second-order valence-electron chi connectivity index (χ2n) is 4.42. The summed E-state index contributed by atoms with van der Waals surface area (Å²) in [5.41, 5.74) is 0.777. The van der Waals surface area contributed by atoms with Crippen LogP contribution in [-0.2, 0) is 0 Å². The molecule has 0 radical (unpaired) electrons. The third kappa shape index (κ3) is 2.56. The van der Waals surface area contributed by atoms with Crippen molar-refractivity contribution in [3.05, 3.63) is 30.1 Å². The van der Waals surface area contributed by atoms with Crippen molar-refractivity contribution in [2.45, 2.75) is 13.8 Å². The van der Waals surface area contributed by atoms with Gasteiger partial charge in [-0.3, -0.25) is 0 Å². The molecule has 18 heavy (non-hydrogen) atoms. The number of nitrogens with zero attached hydrogens (tertiary/aromatic N) is 2. The normalized spacial score (nSPS) is 10.8. The number of aromatic carboxylic acids is 1. The number of carbonyl (C=O) groups is 1. The lowest BCUT2D eigenvalue weighted by Gasteiger charge is -2.09. The number of aromatic nitrogens is 2. The third-order valence-electron chi connectivity index (χ3n) is 2.40. The Morgan fingerprint density at radius 3 is 2.83 bits per heavy atom. The summed E-state index contributed by atoms with van der Waals surface area (Å²) in [6.07, 6.45) is 1.38. The van der Waals surface area contributed by atoms with E-state index in [0.29, 0.717) is 23.9 Å². The molecule has 5 nitrogen and oxygen atoms in total. The zero-order valence-corrected chi connectivity index (χ0v) is 10.3. The fourth-order valence-electron chi connectivity index (χ4n) is 1.53. The zero-order valence-electron chi connectivity index (χ0n) is 10.3. The Morgan fingerprint density at radius 2 is 2.17 bits per heavy atom. The van der Waals surface area contributed by atoms with Crippen LogP contribution in [0.1, 0.15) is 24.2 Å². The summed E-state index contributed by atoms with van der Waals surface area (Å²) in [6, 6.07) is 4.71. The molecule has 0 aliphatic heterocycles. The van der Waals surface area contributed by atoms with Crippen molar-refractivity contribution in [2.24, 2.45) is 5.92 Å². The van der Waals surface area contributed by atoms with Gasteiger partial charge in [-0.25, -0.2) is 14.8 Å². The average Bonchev–Trinajstić information content (AvgIpc) is 2.35. The standard InChI is InChI=1S/C13H14N2O3/c1-8(2)6-18-12-10-4-3-9(13(16)17)5-11(10)14-7-15-12/h3-5,7-8H,6H2,1-2H3,(H,16,17). The van der Waals surface area contributed by atoms with Crippen molar-refractivity contribution in [3.8, 4) is 5.88 Å². The summed E-state index contributed by atoms with van der Waals surface area (Å²) in [5.74, 6) is -0.0842. The van der Waals surface area contributed by atoms with Crippen LogP contribution in [0.4, 0.5) is 0 Å². The number of carboxylic acids is 1. The average molecular weight is 246 g/mol. The number of benzene rings is 1. The molecule has 0 aliphatic rings. The smallest absolute Gasteiger partial charge is 0.335 e. The highest BCUT2D eigenvalue weighted by molar-refractivity contribution is 5.94. The maximum absolute atomic E-state index is 10.9. The molecule has 0 unspecified atom stereocenters. The van der Waals surface area contributed by atoms with Crippen LogP contribution in [0.2, 0.25) is 0 Å². The fraction of sp³-hybridized carbons (Fsp3) is 0.308. The summed E-state index contributed by atoms with van der Waals surface area (Å²) in [5, 5.41) is 9.64. The molecule has 1 aromatic carbocycles. The van der Waals surface area contributed by atoms with Gasteiger partial charge in [-0.2, -0.15) is 0 Å². The molecule has 0 aliphatic carbocycles. The molecule has 0 saturated heterocycles. The van der Waals surface area contributed by atoms with Crippen molar-refractivity contribution in [1.82, 2.24) is 9.97 Å². The number of ether oxygens (including phenoxy) is 1. The fourth-order valence-corrected chi connectivity index (χ4v) is 1.53. The lowest BCUT2D eigenvalue weighted by Crippen LogP contribution is -2.06. The molecule has 1 heterocycles. The van der Waals surface area contributed by atoms with Crippen LogP contribution in [0, 0.1) is 5.92 Å². The van der Waals surface area contributed by atoms with Crippen molar-refractivity contribution in [2.75, 3.05) is 6.61 Å². The first-order chi connectivity index (χ1) is 8.58. The van der Waals surface area contributed by atoms with Crippen LogP contribution in [0.5, 0.6) is 5.88 Å². The van der Waals surface area contributed by atoms with Crippen molar-refractivity contribution in [1.29, 1.82) is 0 Å². The Hall–Kier alpha value is -2.17. The minimum atomic E-state index is -0.972. The lowest BCUT2D eigenvalue weighted by molar-refractivity contribution is 0.0697. The number of carboxylic acid groups (broad SMARTS) is 1. The minimum Gasteiger partial charge on any atom is -0.478 e. The Morgan fingerprint density at radius 1 is 1.39 bits per heavy atom. The van der Waals surface area contributed by atoms with E-state index in [1.165, 1.54) is 18.5 Å². The lowest BCUT2D eigenvalue weighted by atomic mass is 10.1. The maximum Gasteiger partial charge on any atom is 0.335 e. The van der Waals surface area contributed by atoms with E-state index in [-0.39, 0.29) is 5.56 Å². The Kier molecular flexibility index (Phi) is 3.41. The first-order valence-electron chi connectivity index (χ1n) is 5.69. The van der Waals surface area contributed by atoms with Crippen LogP contribution in [0.25, 0.3) is 10.9 Å². The topological polar surface area (TPSA) is 72.3 Å². The molecule has 1 N–H and O–H groups in total. The minimum absolute atomic E-state index is 0.205. The molecule has 1 aromatic heterocycles. The van der Waals surface area contributed by atoms with Gasteiger partial charge in [-0.1, -0.05) is 13.8 Å². The molecule has 0 atom stereocenters. The van der Waals surface area contributed by atoms with Gasteiger partial charge in [0.15, 0.2) is 0 Å². The van der Waals surface area contributed by atoms with Crippen molar-refractivity contribution < 1.29 is 14.6 Å². The highest BCUT2D eigenvalue weighted by Gasteiger charge is 2.09. The van der Waals surface area contributed by atoms with Crippen LogP contribution >= 0.6 is 0 Å². The first-order valence-corrected chi connectivity index (χ1v) is 5.69. The molecule has 94 valence electrons. The largest absolute Gasteiger partial charge is 0.478 e. The quantitative estimate of drug-likeness (QED) is 0.896. The van der Waals surface area contributed by atoms with Crippen LogP contribution < -0.4 is 4.74 Å². The van der Waals surface area contributed by atoms with Gasteiger partial charge in [0.05, 0.1) is 23.1 Å². The van der Waals surface area contributed by atoms with E-state index >= 15 is 0 Å².